The first-order valence-electron chi connectivity index (χ1n) is 8.87. The number of esters is 1. The van der Waals surface area contributed by atoms with E-state index >= 15 is 0 Å². The van der Waals surface area contributed by atoms with Crippen LogP contribution in [0.1, 0.15) is 10.4 Å². The van der Waals surface area contributed by atoms with E-state index in [1.165, 1.54) is 4.68 Å². The average molecular weight is 384 g/mol. The molecule has 1 heterocycles. The van der Waals surface area contributed by atoms with E-state index in [9.17, 15) is 9.59 Å². The lowest BCUT2D eigenvalue weighted by atomic mass is 10.2. The van der Waals surface area contributed by atoms with Gasteiger partial charge < -0.3 is 4.74 Å². The summed E-state index contributed by atoms with van der Waals surface area (Å²) in [6.45, 7) is 0. The Bertz CT molecular complexity index is 1200. The maximum atomic E-state index is 12.9. The molecule has 0 fully saturated rings. The molecule has 0 aliphatic carbocycles. The Kier molecular flexibility index (Phi) is 5.11. The number of hydrogen-bond donors (Lipinski definition) is 1. The third kappa shape index (κ3) is 4.03. The summed E-state index contributed by atoms with van der Waals surface area (Å²) in [5.74, 6) is -0.685. The Hall–Kier alpha value is -4.26. The maximum absolute atomic E-state index is 12.9. The second kappa shape index (κ2) is 8.18. The quantitative estimate of drug-likeness (QED) is 0.396. The van der Waals surface area contributed by atoms with Crippen molar-refractivity contribution < 1.29 is 9.53 Å². The molecule has 29 heavy (non-hydrogen) atoms. The SMILES string of the molecule is O=C(Oc1[nH]n(-c2ccccc2)c(=O)c1N=Nc1ccccc1)c1ccccc1. The Morgan fingerprint density at radius 1 is 0.793 bits per heavy atom. The van der Waals surface area contributed by atoms with Gasteiger partial charge in [-0.25, -0.2) is 9.48 Å². The Balaban J connectivity index is 1.75. The molecular formula is C22H16N4O3. The molecule has 142 valence electrons. The summed E-state index contributed by atoms with van der Waals surface area (Å²) in [7, 11) is 0. The van der Waals surface area contributed by atoms with Gasteiger partial charge in [0.2, 0.25) is 11.6 Å². The van der Waals surface area contributed by atoms with Crippen LogP contribution >= 0.6 is 0 Å². The molecule has 0 saturated heterocycles. The van der Waals surface area contributed by atoms with Crippen LogP contribution < -0.4 is 10.3 Å². The van der Waals surface area contributed by atoms with E-state index in [0.717, 1.165) is 0 Å². The van der Waals surface area contributed by atoms with Gasteiger partial charge in [-0.15, -0.1) is 5.11 Å². The molecule has 1 aromatic heterocycles. The minimum absolute atomic E-state index is 0.0765. The average Bonchev–Trinajstić information content (AvgIpc) is 3.09. The van der Waals surface area contributed by atoms with Crippen molar-refractivity contribution in [3.8, 4) is 11.6 Å². The number of aromatic nitrogens is 2. The van der Waals surface area contributed by atoms with Gasteiger partial charge in [0.25, 0.3) is 0 Å². The van der Waals surface area contributed by atoms with Crippen LogP contribution in [0.2, 0.25) is 0 Å². The van der Waals surface area contributed by atoms with Gasteiger partial charge in [-0.05, 0) is 36.4 Å². The van der Waals surface area contributed by atoms with Crippen LogP contribution in [0.4, 0.5) is 11.4 Å². The summed E-state index contributed by atoms with van der Waals surface area (Å²) < 4.78 is 6.69. The first kappa shape index (κ1) is 18.1. The summed E-state index contributed by atoms with van der Waals surface area (Å²) in [4.78, 5) is 25.4. The molecule has 0 saturated carbocycles. The fourth-order valence-electron chi connectivity index (χ4n) is 2.65. The molecule has 0 amide bonds. The lowest BCUT2D eigenvalue weighted by Gasteiger charge is -2.03. The molecule has 3 aromatic carbocycles. The molecule has 0 radical (unpaired) electrons. The van der Waals surface area contributed by atoms with Crippen molar-refractivity contribution in [2.24, 2.45) is 10.2 Å². The summed E-state index contributed by atoms with van der Waals surface area (Å²) in [5, 5.41) is 10.9. The monoisotopic (exact) mass is 384 g/mol. The highest BCUT2D eigenvalue weighted by Crippen LogP contribution is 2.26. The highest BCUT2D eigenvalue weighted by molar-refractivity contribution is 5.91. The normalized spacial score (nSPS) is 10.9. The molecule has 7 nitrogen and oxygen atoms in total. The van der Waals surface area contributed by atoms with Crippen LogP contribution in [0.5, 0.6) is 5.88 Å². The van der Waals surface area contributed by atoms with Crippen LogP contribution in [0.3, 0.4) is 0 Å². The lowest BCUT2D eigenvalue weighted by molar-refractivity contribution is 0.0727. The number of ether oxygens (including phenoxy) is 1. The number of H-pyrrole nitrogens is 1. The standard InChI is InChI=1S/C22H16N4O3/c27-21-19(24-23-17-12-6-2-7-13-17)20(25-26(21)18-14-8-3-9-15-18)29-22(28)16-10-4-1-5-11-16/h1-15,25H. The van der Waals surface area contributed by atoms with Gasteiger partial charge in [-0.1, -0.05) is 54.6 Å². The molecule has 1 N–H and O–H groups in total. The van der Waals surface area contributed by atoms with Crippen molar-refractivity contribution in [3.63, 3.8) is 0 Å². The first-order valence-corrected chi connectivity index (χ1v) is 8.87. The minimum atomic E-state index is -0.608. The lowest BCUT2D eigenvalue weighted by Crippen LogP contribution is -2.13. The highest BCUT2D eigenvalue weighted by atomic mass is 16.5. The molecule has 7 heteroatoms. The Morgan fingerprint density at radius 3 is 2.03 bits per heavy atom. The number of benzene rings is 3. The number of azo groups is 1. The third-order valence-corrected chi connectivity index (χ3v) is 4.07. The van der Waals surface area contributed by atoms with Crippen molar-refractivity contribution in [1.82, 2.24) is 9.78 Å². The van der Waals surface area contributed by atoms with E-state index in [1.54, 1.807) is 66.7 Å². The van der Waals surface area contributed by atoms with Crippen LogP contribution in [0, 0.1) is 0 Å². The van der Waals surface area contributed by atoms with Gasteiger partial charge in [-0.3, -0.25) is 9.89 Å². The number of carbonyl (C=O) groups is 1. The molecule has 0 spiro atoms. The van der Waals surface area contributed by atoms with Crippen molar-refractivity contribution in [2.75, 3.05) is 0 Å². The molecule has 0 bridgehead atoms. The number of carbonyl (C=O) groups excluding carboxylic acids is 1. The van der Waals surface area contributed by atoms with Crippen LogP contribution in [0.25, 0.3) is 5.69 Å². The van der Waals surface area contributed by atoms with E-state index in [2.05, 4.69) is 15.3 Å². The summed E-state index contributed by atoms with van der Waals surface area (Å²) in [6.07, 6.45) is 0. The van der Waals surface area contributed by atoms with E-state index < -0.39 is 11.5 Å². The molecule has 0 aliphatic rings. The number of rotatable bonds is 5. The zero-order valence-corrected chi connectivity index (χ0v) is 15.2. The zero-order chi connectivity index (χ0) is 20.1. The van der Waals surface area contributed by atoms with Gasteiger partial charge >= 0.3 is 11.5 Å². The van der Waals surface area contributed by atoms with E-state index in [0.29, 0.717) is 16.9 Å². The summed E-state index contributed by atoms with van der Waals surface area (Å²) in [5.41, 5.74) is 0.927. The predicted molar refractivity (Wildman–Crippen MR) is 108 cm³/mol. The van der Waals surface area contributed by atoms with Gasteiger partial charge in [-0.2, -0.15) is 5.11 Å². The number of nitrogens with zero attached hydrogens (tertiary/aromatic N) is 3. The third-order valence-electron chi connectivity index (χ3n) is 4.07. The van der Waals surface area contributed by atoms with Gasteiger partial charge in [0, 0.05) is 0 Å². The van der Waals surface area contributed by atoms with Gasteiger partial charge in [0.15, 0.2) is 0 Å². The largest absolute Gasteiger partial charge is 0.402 e. The Morgan fingerprint density at radius 2 is 1.38 bits per heavy atom. The van der Waals surface area contributed by atoms with Crippen molar-refractivity contribution in [2.45, 2.75) is 0 Å². The predicted octanol–water partition coefficient (Wildman–Crippen LogP) is 4.80. The van der Waals surface area contributed by atoms with Crippen molar-refractivity contribution in [1.29, 1.82) is 0 Å². The smallest absolute Gasteiger partial charge is 0.344 e. The fraction of sp³-hybridized carbons (Fsp3) is 0. The first-order chi connectivity index (χ1) is 14.2. The molecule has 4 rings (SSSR count). The minimum Gasteiger partial charge on any atom is -0.402 e. The van der Waals surface area contributed by atoms with E-state index in [4.69, 9.17) is 4.74 Å². The maximum Gasteiger partial charge on any atom is 0.344 e. The van der Waals surface area contributed by atoms with E-state index in [1.807, 2.05) is 24.3 Å². The number of aromatic amines is 1. The second-order valence-electron chi connectivity index (χ2n) is 6.06. The van der Waals surface area contributed by atoms with Crippen molar-refractivity contribution >= 4 is 17.3 Å². The Labute approximate surface area is 165 Å². The van der Waals surface area contributed by atoms with Gasteiger partial charge in [0.1, 0.15) is 0 Å². The second-order valence-corrected chi connectivity index (χ2v) is 6.06. The number of nitrogens with one attached hydrogen (secondary N) is 1. The van der Waals surface area contributed by atoms with Crippen LogP contribution in [-0.4, -0.2) is 15.7 Å². The van der Waals surface area contributed by atoms with Gasteiger partial charge in [0.05, 0.1) is 16.9 Å². The molecular weight excluding hydrogens is 368 g/mol. The van der Waals surface area contributed by atoms with Crippen LogP contribution in [0.15, 0.2) is 106 Å². The summed E-state index contributed by atoms with van der Waals surface area (Å²) >= 11 is 0. The molecule has 0 unspecified atom stereocenters. The molecule has 4 aromatic rings. The fourth-order valence-corrected chi connectivity index (χ4v) is 2.65. The van der Waals surface area contributed by atoms with Crippen molar-refractivity contribution in [3.05, 3.63) is 107 Å². The summed E-state index contributed by atoms with van der Waals surface area (Å²) in [6, 6.07) is 26.4. The molecule has 0 atom stereocenters. The van der Waals surface area contributed by atoms with Crippen LogP contribution in [-0.2, 0) is 0 Å². The topological polar surface area (TPSA) is 88.8 Å². The van der Waals surface area contributed by atoms with E-state index in [-0.39, 0.29) is 11.6 Å². The number of hydrogen-bond acceptors (Lipinski definition) is 5. The highest BCUT2D eigenvalue weighted by Gasteiger charge is 2.20. The number of para-hydroxylation sites is 1. The molecule has 0 aliphatic heterocycles. The zero-order valence-electron chi connectivity index (χ0n) is 15.2.